The first-order valence-corrected chi connectivity index (χ1v) is 8.24. The summed E-state index contributed by atoms with van der Waals surface area (Å²) in [7, 11) is 1.36. The minimum Gasteiger partial charge on any atom is -0.490 e. The van der Waals surface area contributed by atoms with Crippen LogP contribution >= 0.6 is 0 Å². The minimum atomic E-state index is -0.559. The number of rotatable bonds is 10. The van der Waals surface area contributed by atoms with Crippen molar-refractivity contribution in [1.29, 1.82) is 0 Å². The average molecular weight is 323 g/mol. The molecule has 0 bridgehead atoms. The van der Waals surface area contributed by atoms with Crippen LogP contribution in [-0.2, 0) is 16.0 Å². The zero-order chi connectivity index (χ0) is 17.2. The lowest BCUT2D eigenvalue weighted by Crippen LogP contribution is -2.33. The maximum Gasteiger partial charge on any atom is 0.322 e. The summed E-state index contributed by atoms with van der Waals surface area (Å²) in [5.41, 5.74) is 6.94. The van der Waals surface area contributed by atoms with Crippen LogP contribution in [0.1, 0.15) is 39.2 Å². The second kappa shape index (κ2) is 10.1. The van der Waals surface area contributed by atoms with Gasteiger partial charge >= 0.3 is 5.97 Å². The molecule has 2 atom stereocenters. The van der Waals surface area contributed by atoms with Crippen molar-refractivity contribution in [2.75, 3.05) is 20.3 Å². The highest BCUT2D eigenvalue weighted by Crippen LogP contribution is 2.33. The Morgan fingerprint density at radius 2 is 1.91 bits per heavy atom. The van der Waals surface area contributed by atoms with E-state index in [0.717, 1.165) is 29.9 Å². The molecule has 0 radical (unpaired) electrons. The molecule has 2 unspecified atom stereocenters. The molecule has 0 aliphatic carbocycles. The van der Waals surface area contributed by atoms with E-state index in [1.165, 1.54) is 7.11 Å². The van der Waals surface area contributed by atoms with Crippen molar-refractivity contribution in [3.8, 4) is 11.5 Å². The van der Waals surface area contributed by atoms with Crippen LogP contribution in [0.3, 0.4) is 0 Å². The first-order valence-electron chi connectivity index (χ1n) is 8.24. The highest BCUT2D eigenvalue weighted by molar-refractivity contribution is 5.75. The first kappa shape index (κ1) is 19.3. The minimum absolute atomic E-state index is 0.314. The Morgan fingerprint density at radius 1 is 1.22 bits per heavy atom. The zero-order valence-electron chi connectivity index (χ0n) is 14.6. The molecule has 130 valence electrons. The molecule has 0 amide bonds. The number of carbonyl (C=O) groups excluding carboxylic acids is 1. The predicted octanol–water partition coefficient (Wildman–Crippen LogP) is 2.94. The highest BCUT2D eigenvalue weighted by Gasteiger charge is 2.18. The number of hydrogen-bond donors (Lipinski definition) is 1. The standard InChI is InChI=1S/C18H29NO4/c1-5-22-16-9-7-8-14(17(16)23-6-2)11-10-13(3)12-15(19)18(20)21-4/h7-9,13,15H,5-6,10-12,19H2,1-4H3. The lowest BCUT2D eigenvalue weighted by Gasteiger charge is -2.18. The molecule has 23 heavy (non-hydrogen) atoms. The van der Waals surface area contributed by atoms with Crippen LogP contribution in [0.2, 0.25) is 0 Å². The summed E-state index contributed by atoms with van der Waals surface area (Å²) in [5.74, 6) is 1.56. The van der Waals surface area contributed by atoms with E-state index in [1.807, 2.05) is 26.0 Å². The third-order valence-electron chi connectivity index (χ3n) is 3.72. The van der Waals surface area contributed by atoms with Gasteiger partial charge in [0.15, 0.2) is 11.5 Å². The largest absolute Gasteiger partial charge is 0.490 e. The Hall–Kier alpha value is -1.75. The van der Waals surface area contributed by atoms with Crippen LogP contribution in [0.25, 0.3) is 0 Å². The lowest BCUT2D eigenvalue weighted by atomic mass is 9.94. The van der Waals surface area contributed by atoms with Gasteiger partial charge in [0.2, 0.25) is 0 Å². The van der Waals surface area contributed by atoms with E-state index in [-0.39, 0.29) is 5.97 Å². The molecule has 1 aromatic carbocycles. The average Bonchev–Trinajstić information content (AvgIpc) is 2.54. The fourth-order valence-corrected chi connectivity index (χ4v) is 2.54. The van der Waals surface area contributed by atoms with Gasteiger partial charge in [-0.25, -0.2) is 0 Å². The molecule has 1 rings (SSSR count). The number of esters is 1. The van der Waals surface area contributed by atoms with E-state index in [4.69, 9.17) is 15.2 Å². The van der Waals surface area contributed by atoms with E-state index >= 15 is 0 Å². The maximum absolute atomic E-state index is 11.4. The van der Waals surface area contributed by atoms with Gasteiger partial charge in [-0.1, -0.05) is 19.1 Å². The molecule has 5 nitrogen and oxygen atoms in total. The Balaban J connectivity index is 2.69. The van der Waals surface area contributed by atoms with E-state index in [1.54, 1.807) is 0 Å². The summed E-state index contributed by atoms with van der Waals surface area (Å²) in [6, 6.07) is 5.40. The van der Waals surface area contributed by atoms with Gasteiger partial charge in [0.25, 0.3) is 0 Å². The third-order valence-corrected chi connectivity index (χ3v) is 3.72. The summed E-state index contributed by atoms with van der Waals surface area (Å²) in [5, 5.41) is 0. The van der Waals surface area contributed by atoms with Crippen molar-refractivity contribution in [1.82, 2.24) is 0 Å². The van der Waals surface area contributed by atoms with Crippen molar-refractivity contribution in [3.05, 3.63) is 23.8 Å². The monoisotopic (exact) mass is 323 g/mol. The predicted molar refractivity (Wildman–Crippen MR) is 90.9 cm³/mol. The molecule has 1 aromatic rings. The van der Waals surface area contributed by atoms with E-state index in [9.17, 15) is 4.79 Å². The number of methoxy groups -OCH3 is 1. The Bertz CT molecular complexity index is 490. The third kappa shape index (κ3) is 6.10. The van der Waals surface area contributed by atoms with Gasteiger partial charge in [-0.15, -0.1) is 0 Å². The van der Waals surface area contributed by atoms with Gasteiger partial charge in [0, 0.05) is 0 Å². The molecular weight excluding hydrogens is 294 g/mol. The number of para-hydroxylation sites is 1. The number of ether oxygens (including phenoxy) is 3. The van der Waals surface area contributed by atoms with Gasteiger partial charge < -0.3 is 19.9 Å². The molecule has 0 aromatic heterocycles. The topological polar surface area (TPSA) is 70.8 Å². The molecule has 0 saturated heterocycles. The quantitative estimate of drug-likeness (QED) is 0.670. The summed E-state index contributed by atoms with van der Waals surface area (Å²) in [6.45, 7) is 7.21. The van der Waals surface area contributed by atoms with Crippen LogP contribution in [0.4, 0.5) is 0 Å². The summed E-state index contributed by atoms with van der Waals surface area (Å²) in [6.07, 6.45) is 2.38. The summed E-state index contributed by atoms with van der Waals surface area (Å²) >= 11 is 0. The van der Waals surface area contributed by atoms with Crippen molar-refractivity contribution in [2.45, 2.75) is 46.1 Å². The molecular formula is C18H29NO4. The SMILES string of the molecule is CCOc1cccc(CCC(C)CC(N)C(=O)OC)c1OCC. The van der Waals surface area contributed by atoms with Gasteiger partial charge in [-0.2, -0.15) is 0 Å². The molecule has 0 saturated carbocycles. The van der Waals surface area contributed by atoms with Gasteiger partial charge in [0.1, 0.15) is 6.04 Å². The van der Waals surface area contributed by atoms with Crippen molar-refractivity contribution in [3.63, 3.8) is 0 Å². The molecule has 0 heterocycles. The molecule has 0 fully saturated rings. The Labute approximate surface area is 139 Å². The van der Waals surface area contributed by atoms with E-state index in [2.05, 4.69) is 17.7 Å². The van der Waals surface area contributed by atoms with Crippen LogP contribution < -0.4 is 15.2 Å². The molecule has 0 aliphatic heterocycles. The number of hydrogen-bond acceptors (Lipinski definition) is 5. The highest BCUT2D eigenvalue weighted by atomic mass is 16.5. The van der Waals surface area contributed by atoms with Gasteiger partial charge in [0.05, 0.1) is 20.3 Å². The smallest absolute Gasteiger partial charge is 0.322 e. The lowest BCUT2D eigenvalue weighted by molar-refractivity contribution is -0.142. The van der Waals surface area contributed by atoms with Crippen molar-refractivity contribution >= 4 is 5.97 Å². The number of aryl methyl sites for hydroxylation is 1. The summed E-state index contributed by atoms with van der Waals surface area (Å²) < 4.78 is 16.1. The van der Waals surface area contributed by atoms with E-state index in [0.29, 0.717) is 25.6 Å². The number of benzene rings is 1. The number of nitrogens with two attached hydrogens (primary N) is 1. The second-order valence-electron chi connectivity index (χ2n) is 5.62. The summed E-state index contributed by atoms with van der Waals surface area (Å²) in [4.78, 5) is 11.4. The zero-order valence-corrected chi connectivity index (χ0v) is 14.6. The van der Waals surface area contributed by atoms with Gasteiger partial charge in [-0.3, -0.25) is 4.79 Å². The molecule has 0 spiro atoms. The second-order valence-corrected chi connectivity index (χ2v) is 5.62. The normalized spacial score (nSPS) is 13.3. The van der Waals surface area contributed by atoms with Crippen LogP contribution in [0.15, 0.2) is 18.2 Å². The Morgan fingerprint density at radius 3 is 2.52 bits per heavy atom. The van der Waals surface area contributed by atoms with Crippen LogP contribution in [0, 0.1) is 5.92 Å². The van der Waals surface area contributed by atoms with Crippen LogP contribution in [0.5, 0.6) is 11.5 Å². The fraction of sp³-hybridized carbons (Fsp3) is 0.611. The molecule has 0 aliphatic rings. The maximum atomic E-state index is 11.4. The first-order chi connectivity index (χ1) is 11.0. The van der Waals surface area contributed by atoms with Crippen LogP contribution in [-0.4, -0.2) is 32.3 Å². The van der Waals surface area contributed by atoms with E-state index < -0.39 is 6.04 Å². The Kier molecular flexibility index (Phi) is 8.48. The fourth-order valence-electron chi connectivity index (χ4n) is 2.54. The van der Waals surface area contributed by atoms with Gasteiger partial charge in [-0.05, 0) is 50.7 Å². The molecule has 2 N–H and O–H groups in total. The van der Waals surface area contributed by atoms with Crippen molar-refractivity contribution < 1.29 is 19.0 Å². The van der Waals surface area contributed by atoms with Crippen molar-refractivity contribution in [2.24, 2.45) is 11.7 Å². The molecule has 5 heteroatoms. The number of carbonyl (C=O) groups is 1.